The van der Waals surface area contributed by atoms with Crippen LogP contribution >= 0.6 is 0 Å². The topological polar surface area (TPSA) is 54.1 Å². The first-order chi connectivity index (χ1) is 13.9. The number of fused-ring (bicyclic) bond motifs is 1. The van der Waals surface area contributed by atoms with Gasteiger partial charge in [0, 0.05) is 29.4 Å². The molecule has 1 saturated carbocycles. The molecule has 0 spiro atoms. The lowest BCUT2D eigenvalue weighted by molar-refractivity contribution is -0.137. The fourth-order valence-electron chi connectivity index (χ4n) is 3.36. The van der Waals surface area contributed by atoms with E-state index in [4.69, 9.17) is 4.74 Å². The van der Waals surface area contributed by atoms with Gasteiger partial charge in [-0.15, -0.1) is 0 Å². The van der Waals surface area contributed by atoms with Crippen LogP contribution in [0.15, 0.2) is 48.7 Å². The summed E-state index contributed by atoms with van der Waals surface area (Å²) in [5.74, 6) is 0.572. The summed E-state index contributed by atoms with van der Waals surface area (Å²) in [7, 11) is 0. The first-order valence-corrected chi connectivity index (χ1v) is 9.61. The number of anilines is 1. The van der Waals surface area contributed by atoms with Gasteiger partial charge in [-0.2, -0.15) is 13.2 Å². The molecule has 7 heteroatoms. The number of ether oxygens (including phenoxy) is 1. The Balaban J connectivity index is 1.38. The molecule has 0 saturated heterocycles. The lowest BCUT2D eigenvalue weighted by Crippen LogP contribution is -2.27. The van der Waals surface area contributed by atoms with Crippen molar-refractivity contribution in [2.24, 2.45) is 5.92 Å². The summed E-state index contributed by atoms with van der Waals surface area (Å²) < 4.78 is 43.4. The van der Waals surface area contributed by atoms with E-state index in [0.29, 0.717) is 18.8 Å². The lowest BCUT2D eigenvalue weighted by Gasteiger charge is -2.23. The number of benzene rings is 2. The van der Waals surface area contributed by atoms with Crippen molar-refractivity contribution in [2.75, 3.05) is 11.9 Å². The second-order valence-corrected chi connectivity index (χ2v) is 7.32. The van der Waals surface area contributed by atoms with Gasteiger partial charge in [0.05, 0.1) is 17.9 Å². The van der Waals surface area contributed by atoms with Crippen molar-refractivity contribution in [2.45, 2.75) is 31.9 Å². The molecule has 2 aromatic carbocycles. The van der Waals surface area contributed by atoms with Gasteiger partial charge < -0.3 is 15.0 Å². The Bertz CT molecular complexity index is 1010. The van der Waals surface area contributed by atoms with Crippen LogP contribution in [0, 0.1) is 5.92 Å². The van der Waals surface area contributed by atoms with Crippen LogP contribution in [0.3, 0.4) is 0 Å². The molecule has 1 aliphatic rings. The predicted octanol–water partition coefficient (Wildman–Crippen LogP) is 5.55. The minimum Gasteiger partial charge on any atom is -0.493 e. The lowest BCUT2D eigenvalue weighted by atomic mass is 9.85. The van der Waals surface area contributed by atoms with Crippen LogP contribution in [0.25, 0.3) is 10.9 Å². The van der Waals surface area contributed by atoms with Crippen LogP contribution in [0.5, 0.6) is 5.75 Å². The number of rotatable bonds is 6. The largest absolute Gasteiger partial charge is 0.493 e. The van der Waals surface area contributed by atoms with Crippen LogP contribution in [0.2, 0.25) is 0 Å². The number of alkyl halides is 3. The average Bonchev–Trinajstić information content (AvgIpc) is 3.02. The molecule has 2 N–H and O–H groups in total. The van der Waals surface area contributed by atoms with Gasteiger partial charge >= 0.3 is 6.18 Å². The first-order valence-electron chi connectivity index (χ1n) is 9.61. The van der Waals surface area contributed by atoms with Crippen LogP contribution in [0.4, 0.5) is 18.9 Å². The van der Waals surface area contributed by atoms with E-state index in [2.05, 4.69) is 10.3 Å². The van der Waals surface area contributed by atoms with Crippen molar-refractivity contribution in [1.82, 2.24) is 4.98 Å². The zero-order chi connectivity index (χ0) is 20.4. The van der Waals surface area contributed by atoms with E-state index in [0.717, 1.165) is 53.5 Å². The molecule has 1 fully saturated rings. The number of carbonyl (C=O) groups is 1. The third kappa shape index (κ3) is 4.39. The zero-order valence-corrected chi connectivity index (χ0v) is 15.7. The molecule has 0 bridgehead atoms. The highest BCUT2D eigenvalue weighted by Crippen LogP contribution is 2.31. The van der Waals surface area contributed by atoms with E-state index in [1.54, 1.807) is 6.20 Å². The number of amides is 1. The SMILES string of the molecule is O=C(Nc1c[nH]c2ccc(CCOc3ccc(C(F)(F)F)cc3)cc12)C1CCC1. The third-order valence-corrected chi connectivity index (χ3v) is 5.32. The summed E-state index contributed by atoms with van der Waals surface area (Å²) in [6.07, 6.45) is 1.04. The summed E-state index contributed by atoms with van der Waals surface area (Å²) in [6.45, 7) is 0.338. The summed E-state index contributed by atoms with van der Waals surface area (Å²) in [5.41, 5.74) is 2.02. The maximum atomic E-state index is 12.6. The van der Waals surface area contributed by atoms with Gasteiger partial charge in [0.15, 0.2) is 0 Å². The van der Waals surface area contributed by atoms with E-state index in [1.807, 2.05) is 18.2 Å². The Morgan fingerprint density at radius 3 is 2.55 bits per heavy atom. The van der Waals surface area contributed by atoms with E-state index in [9.17, 15) is 18.0 Å². The third-order valence-electron chi connectivity index (χ3n) is 5.32. The smallest absolute Gasteiger partial charge is 0.416 e. The van der Waals surface area contributed by atoms with Crippen LogP contribution in [-0.2, 0) is 17.4 Å². The van der Waals surface area contributed by atoms with Gasteiger partial charge in [-0.3, -0.25) is 4.79 Å². The monoisotopic (exact) mass is 402 g/mol. The zero-order valence-electron chi connectivity index (χ0n) is 15.7. The van der Waals surface area contributed by atoms with Gasteiger partial charge in [-0.05, 0) is 54.8 Å². The van der Waals surface area contributed by atoms with E-state index < -0.39 is 11.7 Å². The van der Waals surface area contributed by atoms with Crippen molar-refractivity contribution >= 4 is 22.5 Å². The van der Waals surface area contributed by atoms with E-state index >= 15 is 0 Å². The van der Waals surface area contributed by atoms with Crippen molar-refractivity contribution < 1.29 is 22.7 Å². The molecule has 0 atom stereocenters. The molecule has 4 rings (SSSR count). The van der Waals surface area contributed by atoms with Gasteiger partial charge in [-0.25, -0.2) is 0 Å². The van der Waals surface area contributed by atoms with Crippen molar-refractivity contribution in [3.8, 4) is 5.75 Å². The molecule has 0 radical (unpaired) electrons. The quantitative estimate of drug-likeness (QED) is 0.568. The maximum absolute atomic E-state index is 12.6. The van der Waals surface area contributed by atoms with Crippen LogP contribution < -0.4 is 10.1 Å². The number of H-pyrrole nitrogens is 1. The van der Waals surface area contributed by atoms with Crippen molar-refractivity contribution in [3.63, 3.8) is 0 Å². The summed E-state index contributed by atoms with van der Waals surface area (Å²) in [5, 5.41) is 3.94. The number of hydrogen-bond acceptors (Lipinski definition) is 2. The molecular formula is C22H21F3N2O2. The van der Waals surface area contributed by atoms with Gasteiger partial charge in [0.25, 0.3) is 0 Å². The number of aromatic nitrogens is 1. The summed E-state index contributed by atoms with van der Waals surface area (Å²) in [4.78, 5) is 15.4. The minimum atomic E-state index is -4.35. The van der Waals surface area contributed by atoms with Crippen LogP contribution in [-0.4, -0.2) is 17.5 Å². The fraction of sp³-hybridized carbons (Fsp3) is 0.318. The number of hydrogen-bond donors (Lipinski definition) is 2. The second-order valence-electron chi connectivity index (χ2n) is 7.32. The highest BCUT2D eigenvalue weighted by atomic mass is 19.4. The average molecular weight is 402 g/mol. The number of carbonyl (C=O) groups excluding carboxylic acids is 1. The van der Waals surface area contributed by atoms with Gasteiger partial charge in [-0.1, -0.05) is 12.5 Å². The molecule has 1 aromatic heterocycles. The molecule has 0 aliphatic heterocycles. The Kier molecular flexibility index (Phi) is 5.22. The molecule has 152 valence electrons. The van der Waals surface area contributed by atoms with Gasteiger partial charge in [0.2, 0.25) is 5.91 Å². The molecule has 3 aromatic rings. The molecular weight excluding hydrogens is 381 g/mol. The Morgan fingerprint density at radius 2 is 1.90 bits per heavy atom. The molecule has 29 heavy (non-hydrogen) atoms. The number of aromatic amines is 1. The standard InChI is InChI=1S/C22H21F3N2O2/c23-22(24,25)16-5-7-17(8-6-16)29-11-10-14-4-9-19-18(12-14)20(13-26-19)27-21(28)15-2-1-3-15/h4-9,12-13,15,26H,1-3,10-11H2,(H,27,28). The summed E-state index contributed by atoms with van der Waals surface area (Å²) >= 11 is 0. The first kappa shape index (κ1) is 19.4. The van der Waals surface area contributed by atoms with Gasteiger partial charge in [0.1, 0.15) is 5.75 Å². The molecule has 0 unspecified atom stereocenters. The Labute approximate surface area is 166 Å². The Hall–Kier alpha value is -2.96. The highest BCUT2D eigenvalue weighted by molar-refractivity contribution is 6.02. The number of halogens is 3. The molecule has 1 aliphatic carbocycles. The van der Waals surface area contributed by atoms with Crippen molar-refractivity contribution in [1.29, 1.82) is 0 Å². The summed E-state index contributed by atoms with van der Waals surface area (Å²) in [6, 6.07) is 10.6. The molecule has 1 heterocycles. The molecule has 4 nitrogen and oxygen atoms in total. The second kappa shape index (κ2) is 7.81. The minimum absolute atomic E-state index is 0.0631. The predicted molar refractivity (Wildman–Crippen MR) is 105 cm³/mol. The molecule has 1 amide bonds. The fourth-order valence-corrected chi connectivity index (χ4v) is 3.36. The van der Waals surface area contributed by atoms with Crippen molar-refractivity contribution in [3.05, 3.63) is 59.8 Å². The highest BCUT2D eigenvalue weighted by Gasteiger charge is 2.30. The van der Waals surface area contributed by atoms with E-state index in [-0.39, 0.29) is 11.8 Å². The van der Waals surface area contributed by atoms with Crippen LogP contribution in [0.1, 0.15) is 30.4 Å². The van der Waals surface area contributed by atoms with E-state index in [1.165, 1.54) is 12.1 Å². The maximum Gasteiger partial charge on any atom is 0.416 e. The Morgan fingerprint density at radius 1 is 1.14 bits per heavy atom. The normalized spacial score (nSPS) is 14.6. The number of nitrogens with one attached hydrogen (secondary N) is 2.